The summed E-state index contributed by atoms with van der Waals surface area (Å²) in [5.74, 6) is -0.519. The van der Waals surface area contributed by atoms with E-state index in [2.05, 4.69) is 22.1 Å². The third-order valence-corrected chi connectivity index (χ3v) is 6.01. The van der Waals surface area contributed by atoms with E-state index in [0.29, 0.717) is 29.5 Å². The molecule has 8 heteroatoms. The molecule has 0 spiro atoms. The summed E-state index contributed by atoms with van der Waals surface area (Å²) in [4.78, 5) is 36.5. The van der Waals surface area contributed by atoms with Crippen molar-refractivity contribution in [3.63, 3.8) is 0 Å². The third-order valence-electron chi connectivity index (χ3n) is 5.20. The quantitative estimate of drug-likeness (QED) is 0.611. The van der Waals surface area contributed by atoms with Gasteiger partial charge in [0.2, 0.25) is 0 Å². The second-order valence-electron chi connectivity index (χ2n) is 7.13. The Hall–Kier alpha value is -2.84. The molecular weight excluding hydrogens is 400 g/mol. The molecule has 1 amide bonds. The molecule has 4 rings (SSSR count). The van der Waals surface area contributed by atoms with Gasteiger partial charge in [0.25, 0.3) is 5.91 Å². The van der Waals surface area contributed by atoms with Crippen LogP contribution in [0.15, 0.2) is 29.6 Å². The topological polar surface area (TPSA) is 84.4 Å². The van der Waals surface area contributed by atoms with Crippen LogP contribution in [0.1, 0.15) is 41.2 Å². The van der Waals surface area contributed by atoms with Crippen LogP contribution in [0.2, 0.25) is 0 Å². The molecule has 1 aromatic carbocycles. The molecule has 1 aliphatic rings. The van der Waals surface area contributed by atoms with Gasteiger partial charge in [0.1, 0.15) is 0 Å². The van der Waals surface area contributed by atoms with Crippen molar-refractivity contribution >= 4 is 39.2 Å². The van der Waals surface area contributed by atoms with E-state index < -0.39 is 0 Å². The molecule has 30 heavy (non-hydrogen) atoms. The molecule has 0 saturated carbocycles. The summed E-state index contributed by atoms with van der Waals surface area (Å²) in [6.07, 6.45) is 0.925. The van der Waals surface area contributed by atoms with Gasteiger partial charge >= 0.3 is 5.97 Å². The number of para-hydroxylation sites is 1. The molecule has 156 valence electrons. The van der Waals surface area contributed by atoms with Crippen LogP contribution >= 0.6 is 11.3 Å². The molecule has 1 aliphatic heterocycles. The fourth-order valence-electron chi connectivity index (χ4n) is 3.74. The lowest BCUT2D eigenvalue weighted by molar-refractivity contribution is -0.142. The Labute approximate surface area is 179 Å². The van der Waals surface area contributed by atoms with Crippen molar-refractivity contribution in [3.8, 4) is 0 Å². The summed E-state index contributed by atoms with van der Waals surface area (Å²) in [6.45, 7) is 6.81. The second-order valence-corrected chi connectivity index (χ2v) is 7.99. The Balaban J connectivity index is 1.65. The van der Waals surface area contributed by atoms with Crippen LogP contribution in [-0.2, 0) is 28.9 Å². The molecule has 7 nitrogen and oxygen atoms in total. The number of hydrogen-bond donors (Lipinski definition) is 1. The number of aromatic nitrogens is 2. The highest BCUT2D eigenvalue weighted by atomic mass is 32.1. The van der Waals surface area contributed by atoms with Gasteiger partial charge < -0.3 is 4.74 Å². The van der Waals surface area contributed by atoms with Crippen molar-refractivity contribution < 1.29 is 14.3 Å². The number of amides is 1. The maximum absolute atomic E-state index is 13.3. The van der Waals surface area contributed by atoms with Gasteiger partial charge in [-0.1, -0.05) is 25.1 Å². The SMILES string of the molecule is CCOC(=O)Cc1csc(NC(=O)c2c3c(nc4ccccc24)CCN(CC)C3)n1. The zero-order valence-electron chi connectivity index (χ0n) is 17.1. The fraction of sp³-hybridized carbons (Fsp3) is 0.364. The van der Waals surface area contributed by atoms with Gasteiger partial charge in [0.05, 0.1) is 29.8 Å². The highest BCUT2D eigenvalue weighted by molar-refractivity contribution is 7.14. The second kappa shape index (κ2) is 8.89. The molecule has 0 atom stereocenters. The standard InChI is InChI=1S/C22H24N4O3S/c1-3-26-10-9-18-16(12-26)20(15-7-5-6-8-17(15)24-18)21(28)25-22-23-14(13-30-22)11-19(27)29-4-2/h5-8,13H,3-4,9-12H2,1-2H3,(H,23,25,28). The normalized spacial score (nSPS) is 13.8. The van der Waals surface area contributed by atoms with Crippen molar-refractivity contribution in [2.45, 2.75) is 33.2 Å². The largest absolute Gasteiger partial charge is 0.466 e. The Morgan fingerprint density at radius 1 is 1.23 bits per heavy atom. The van der Waals surface area contributed by atoms with Gasteiger partial charge in [-0.3, -0.25) is 24.8 Å². The van der Waals surface area contributed by atoms with E-state index >= 15 is 0 Å². The lowest BCUT2D eigenvalue weighted by Crippen LogP contribution is -2.33. The summed E-state index contributed by atoms with van der Waals surface area (Å²) in [7, 11) is 0. The Kier molecular flexibility index (Phi) is 6.06. The average Bonchev–Trinajstić information content (AvgIpc) is 3.18. The Morgan fingerprint density at radius 3 is 2.87 bits per heavy atom. The highest BCUT2D eigenvalue weighted by Gasteiger charge is 2.25. The zero-order chi connectivity index (χ0) is 21.1. The number of rotatable bonds is 6. The van der Waals surface area contributed by atoms with Crippen molar-refractivity contribution in [1.29, 1.82) is 0 Å². The number of ether oxygens (including phenoxy) is 1. The number of carbonyl (C=O) groups is 2. The molecular formula is C22H24N4O3S. The van der Waals surface area contributed by atoms with Crippen LogP contribution in [0.25, 0.3) is 10.9 Å². The van der Waals surface area contributed by atoms with Crippen molar-refractivity contribution in [1.82, 2.24) is 14.9 Å². The smallest absolute Gasteiger partial charge is 0.311 e. The number of anilines is 1. The van der Waals surface area contributed by atoms with Crippen LogP contribution < -0.4 is 5.32 Å². The molecule has 3 heterocycles. The first kappa shape index (κ1) is 20.4. The number of nitrogens with one attached hydrogen (secondary N) is 1. The van der Waals surface area contributed by atoms with Crippen LogP contribution in [-0.4, -0.2) is 46.4 Å². The van der Waals surface area contributed by atoms with Crippen molar-refractivity contribution in [2.75, 3.05) is 25.0 Å². The number of fused-ring (bicyclic) bond motifs is 2. The zero-order valence-corrected chi connectivity index (χ0v) is 17.9. The molecule has 0 bridgehead atoms. The van der Waals surface area contributed by atoms with E-state index in [1.807, 2.05) is 24.3 Å². The van der Waals surface area contributed by atoms with Gasteiger partial charge in [-0.2, -0.15) is 0 Å². The monoisotopic (exact) mass is 424 g/mol. The first-order chi connectivity index (χ1) is 14.6. The van der Waals surface area contributed by atoms with Gasteiger partial charge in [0.15, 0.2) is 5.13 Å². The van der Waals surface area contributed by atoms with E-state index in [1.165, 1.54) is 11.3 Å². The van der Waals surface area contributed by atoms with Crippen LogP contribution in [0, 0.1) is 0 Å². The minimum absolute atomic E-state index is 0.0965. The molecule has 1 N–H and O–H groups in total. The van der Waals surface area contributed by atoms with E-state index in [1.54, 1.807) is 12.3 Å². The molecule has 2 aromatic heterocycles. The van der Waals surface area contributed by atoms with Crippen LogP contribution in [0.5, 0.6) is 0 Å². The summed E-state index contributed by atoms with van der Waals surface area (Å²) >= 11 is 1.30. The summed E-state index contributed by atoms with van der Waals surface area (Å²) in [5.41, 5.74) is 4.06. The number of hydrogen-bond acceptors (Lipinski definition) is 7. The average molecular weight is 425 g/mol. The number of pyridine rings is 1. The Morgan fingerprint density at radius 2 is 2.07 bits per heavy atom. The van der Waals surface area contributed by atoms with Gasteiger partial charge in [-0.25, -0.2) is 4.98 Å². The third kappa shape index (κ3) is 4.20. The minimum atomic E-state index is -0.325. The highest BCUT2D eigenvalue weighted by Crippen LogP contribution is 2.29. The van der Waals surface area contributed by atoms with Gasteiger partial charge in [-0.05, 0) is 19.5 Å². The van der Waals surface area contributed by atoms with E-state index in [4.69, 9.17) is 9.72 Å². The van der Waals surface area contributed by atoms with E-state index in [0.717, 1.165) is 41.7 Å². The van der Waals surface area contributed by atoms with Crippen LogP contribution in [0.4, 0.5) is 5.13 Å². The molecule has 0 radical (unpaired) electrons. The Bertz CT molecular complexity index is 1100. The number of benzene rings is 1. The van der Waals surface area contributed by atoms with Gasteiger partial charge in [-0.15, -0.1) is 11.3 Å². The molecule has 0 aliphatic carbocycles. The molecule has 0 saturated heterocycles. The number of thiazole rings is 1. The first-order valence-corrected chi connectivity index (χ1v) is 11.0. The molecule has 0 fully saturated rings. The number of carbonyl (C=O) groups excluding carboxylic acids is 2. The summed E-state index contributed by atoms with van der Waals surface area (Å²) in [5, 5.41) is 6.01. The van der Waals surface area contributed by atoms with Crippen molar-refractivity contribution in [2.24, 2.45) is 0 Å². The maximum Gasteiger partial charge on any atom is 0.311 e. The molecule has 0 unspecified atom stereocenters. The number of likely N-dealkylation sites (N-methyl/N-ethyl adjacent to an activating group) is 1. The predicted molar refractivity (Wildman–Crippen MR) is 117 cm³/mol. The van der Waals surface area contributed by atoms with Crippen molar-refractivity contribution in [3.05, 3.63) is 52.2 Å². The lowest BCUT2D eigenvalue weighted by Gasteiger charge is -2.29. The molecule has 3 aromatic rings. The van der Waals surface area contributed by atoms with E-state index in [9.17, 15) is 9.59 Å². The van der Waals surface area contributed by atoms with E-state index in [-0.39, 0.29) is 18.3 Å². The fourth-order valence-corrected chi connectivity index (χ4v) is 4.45. The van der Waals surface area contributed by atoms with Crippen LogP contribution in [0.3, 0.4) is 0 Å². The summed E-state index contributed by atoms with van der Waals surface area (Å²) < 4.78 is 4.96. The number of esters is 1. The minimum Gasteiger partial charge on any atom is -0.466 e. The first-order valence-electron chi connectivity index (χ1n) is 10.1. The lowest BCUT2D eigenvalue weighted by atomic mass is 9.95. The summed E-state index contributed by atoms with van der Waals surface area (Å²) in [6, 6.07) is 7.75. The maximum atomic E-state index is 13.3. The predicted octanol–water partition coefficient (Wildman–Crippen LogP) is 3.43. The van der Waals surface area contributed by atoms with Gasteiger partial charge in [0, 0.05) is 41.5 Å². The number of nitrogens with zero attached hydrogens (tertiary/aromatic N) is 3.